The molecule has 0 saturated heterocycles. The van der Waals surface area contributed by atoms with Gasteiger partial charge in [-0.3, -0.25) is 0 Å². The van der Waals surface area contributed by atoms with Crippen LogP contribution in [-0.2, 0) is 6.42 Å². The third-order valence-electron chi connectivity index (χ3n) is 3.35. The Balaban J connectivity index is 1.83. The molecular weight excluding hydrogens is 240 g/mol. The Labute approximate surface area is 115 Å². The van der Waals surface area contributed by atoms with Crippen LogP contribution in [0.4, 0.5) is 0 Å². The first kappa shape index (κ1) is 14.2. The van der Waals surface area contributed by atoms with Crippen molar-refractivity contribution in [3.8, 4) is 11.5 Å². The number of nitrogens with one attached hydrogen (secondary N) is 2. The number of benzene rings is 1. The van der Waals surface area contributed by atoms with Crippen molar-refractivity contribution in [1.82, 2.24) is 10.6 Å². The smallest absolute Gasteiger partial charge is 0.161 e. The monoisotopic (exact) mass is 264 g/mol. The van der Waals surface area contributed by atoms with Crippen LogP contribution in [0.25, 0.3) is 0 Å². The summed E-state index contributed by atoms with van der Waals surface area (Å²) in [6, 6.07) is 4.21. The third-order valence-corrected chi connectivity index (χ3v) is 3.35. The van der Waals surface area contributed by atoms with Gasteiger partial charge in [-0.15, -0.1) is 0 Å². The molecule has 0 unspecified atom stereocenters. The van der Waals surface area contributed by atoms with Gasteiger partial charge in [0, 0.05) is 0 Å². The fourth-order valence-corrected chi connectivity index (χ4v) is 2.24. The lowest BCUT2D eigenvalue weighted by Gasteiger charge is -2.20. The Kier molecular flexibility index (Phi) is 5.48. The summed E-state index contributed by atoms with van der Waals surface area (Å²) in [7, 11) is 1.98. The lowest BCUT2D eigenvalue weighted by Crippen LogP contribution is -2.22. The maximum absolute atomic E-state index is 5.62. The molecule has 0 atom stereocenters. The minimum Gasteiger partial charge on any atom is -0.486 e. The molecule has 0 saturated carbocycles. The van der Waals surface area contributed by atoms with Crippen LogP contribution in [0.3, 0.4) is 0 Å². The summed E-state index contributed by atoms with van der Waals surface area (Å²) in [5.41, 5.74) is 2.62. The van der Waals surface area contributed by atoms with Gasteiger partial charge >= 0.3 is 0 Å². The van der Waals surface area contributed by atoms with Gasteiger partial charge in [-0.05, 0) is 69.7 Å². The van der Waals surface area contributed by atoms with Gasteiger partial charge < -0.3 is 20.1 Å². The molecule has 0 spiro atoms. The number of rotatable bonds is 7. The van der Waals surface area contributed by atoms with E-state index in [2.05, 4.69) is 29.7 Å². The first-order chi connectivity index (χ1) is 9.31. The second-order valence-corrected chi connectivity index (χ2v) is 4.88. The van der Waals surface area contributed by atoms with Crippen molar-refractivity contribution in [3.05, 3.63) is 23.3 Å². The molecule has 1 aliphatic rings. The number of ether oxygens (including phenoxy) is 2. The number of fused-ring (bicyclic) bond motifs is 1. The maximum atomic E-state index is 5.62. The summed E-state index contributed by atoms with van der Waals surface area (Å²) in [5.74, 6) is 1.77. The van der Waals surface area contributed by atoms with Crippen molar-refractivity contribution < 1.29 is 9.47 Å². The quantitative estimate of drug-likeness (QED) is 0.733. The summed E-state index contributed by atoms with van der Waals surface area (Å²) < 4.78 is 11.2. The molecule has 4 nitrogen and oxygen atoms in total. The highest BCUT2D eigenvalue weighted by Gasteiger charge is 2.13. The highest BCUT2D eigenvalue weighted by atomic mass is 16.6. The predicted octanol–water partition coefficient (Wildman–Crippen LogP) is 1.51. The minimum absolute atomic E-state index is 0.651. The predicted molar refractivity (Wildman–Crippen MR) is 77.3 cm³/mol. The molecule has 1 aromatic rings. The van der Waals surface area contributed by atoms with Crippen LogP contribution in [0, 0.1) is 6.92 Å². The van der Waals surface area contributed by atoms with Crippen LogP contribution in [0.2, 0.25) is 0 Å². The first-order valence-corrected chi connectivity index (χ1v) is 7.05. The zero-order valence-electron chi connectivity index (χ0n) is 11.9. The van der Waals surface area contributed by atoms with Crippen molar-refractivity contribution in [1.29, 1.82) is 0 Å². The molecule has 1 aliphatic heterocycles. The highest BCUT2D eigenvalue weighted by molar-refractivity contribution is 5.47. The molecule has 106 valence electrons. The van der Waals surface area contributed by atoms with Gasteiger partial charge in [-0.1, -0.05) is 0 Å². The lowest BCUT2D eigenvalue weighted by molar-refractivity contribution is 0.171. The van der Waals surface area contributed by atoms with E-state index in [9.17, 15) is 0 Å². The van der Waals surface area contributed by atoms with Crippen LogP contribution in [0.15, 0.2) is 12.1 Å². The largest absolute Gasteiger partial charge is 0.486 e. The van der Waals surface area contributed by atoms with Gasteiger partial charge in [-0.25, -0.2) is 0 Å². The average Bonchev–Trinajstić information content (AvgIpc) is 2.43. The van der Waals surface area contributed by atoms with E-state index in [0.717, 1.165) is 44.0 Å². The van der Waals surface area contributed by atoms with Gasteiger partial charge in [0.25, 0.3) is 0 Å². The molecular formula is C15H24N2O2. The summed E-state index contributed by atoms with van der Waals surface area (Å²) in [5, 5.41) is 6.61. The minimum atomic E-state index is 0.651. The molecule has 0 aromatic heterocycles. The Bertz CT molecular complexity index is 407. The Morgan fingerprint density at radius 3 is 2.53 bits per heavy atom. The normalized spacial score (nSPS) is 13.6. The third kappa shape index (κ3) is 4.11. The van der Waals surface area contributed by atoms with Crippen LogP contribution in [0.5, 0.6) is 11.5 Å². The zero-order valence-corrected chi connectivity index (χ0v) is 11.9. The van der Waals surface area contributed by atoms with Gasteiger partial charge in [0.1, 0.15) is 13.2 Å². The molecule has 19 heavy (non-hydrogen) atoms. The van der Waals surface area contributed by atoms with Crippen molar-refractivity contribution in [2.75, 3.05) is 39.9 Å². The molecule has 1 aromatic carbocycles. The second-order valence-electron chi connectivity index (χ2n) is 4.88. The standard InChI is InChI=1S/C15H24N2O2/c1-12-10-14-15(19-9-8-18-14)11-13(12)4-7-17-6-3-5-16-2/h10-11,16-17H,3-9H2,1-2H3. The molecule has 0 bridgehead atoms. The van der Waals surface area contributed by atoms with E-state index in [4.69, 9.17) is 9.47 Å². The summed E-state index contributed by atoms with van der Waals surface area (Å²) >= 11 is 0. The zero-order chi connectivity index (χ0) is 13.5. The molecule has 2 rings (SSSR count). The molecule has 4 heteroatoms. The summed E-state index contributed by atoms with van der Waals surface area (Å²) in [6.07, 6.45) is 2.19. The second kappa shape index (κ2) is 7.36. The fourth-order valence-electron chi connectivity index (χ4n) is 2.24. The summed E-state index contributed by atoms with van der Waals surface area (Å²) in [4.78, 5) is 0. The molecule has 1 heterocycles. The van der Waals surface area contributed by atoms with E-state index < -0.39 is 0 Å². The maximum Gasteiger partial charge on any atom is 0.161 e. The van der Waals surface area contributed by atoms with Gasteiger partial charge in [0.2, 0.25) is 0 Å². The van der Waals surface area contributed by atoms with E-state index >= 15 is 0 Å². The summed E-state index contributed by atoms with van der Waals surface area (Å²) in [6.45, 7) is 6.57. The van der Waals surface area contributed by atoms with Crippen LogP contribution in [0.1, 0.15) is 17.5 Å². The van der Waals surface area contributed by atoms with Gasteiger partial charge in [0.15, 0.2) is 11.5 Å². The van der Waals surface area contributed by atoms with Gasteiger partial charge in [-0.2, -0.15) is 0 Å². The molecule has 0 fully saturated rings. The Morgan fingerprint density at radius 1 is 1.05 bits per heavy atom. The fraction of sp³-hybridized carbons (Fsp3) is 0.600. The van der Waals surface area contributed by atoms with Crippen LogP contribution < -0.4 is 20.1 Å². The van der Waals surface area contributed by atoms with E-state index in [1.165, 1.54) is 11.1 Å². The first-order valence-electron chi connectivity index (χ1n) is 7.05. The van der Waals surface area contributed by atoms with Crippen molar-refractivity contribution in [2.24, 2.45) is 0 Å². The van der Waals surface area contributed by atoms with E-state index in [0.29, 0.717) is 13.2 Å². The number of hydrogen-bond donors (Lipinski definition) is 2. The SMILES string of the molecule is CNCCCNCCc1cc2c(cc1C)OCCO2. The molecule has 0 aliphatic carbocycles. The Morgan fingerprint density at radius 2 is 1.79 bits per heavy atom. The average molecular weight is 264 g/mol. The van der Waals surface area contributed by atoms with E-state index in [1.54, 1.807) is 0 Å². The Hall–Kier alpha value is -1.26. The topological polar surface area (TPSA) is 42.5 Å². The number of aryl methyl sites for hydroxylation is 1. The van der Waals surface area contributed by atoms with Gasteiger partial charge in [0.05, 0.1) is 0 Å². The van der Waals surface area contributed by atoms with E-state index in [1.807, 2.05) is 7.05 Å². The molecule has 2 N–H and O–H groups in total. The van der Waals surface area contributed by atoms with E-state index in [-0.39, 0.29) is 0 Å². The highest BCUT2D eigenvalue weighted by Crippen LogP contribution is 2.33. The lowest BCUT2D eigenvalue weighted by atomic mass is 10.0. The van der Waals surface area contributed by atoms with Crippen molar-refractivity contribution in [2.45, 2.75) is 19.8 Å². The molecule has 0 radical (unpaired) electrons. The van der Waals surface area contributed by atoms with Crippen LogP contribution >= 0.6 is 0 Å². The van der Waals surface area contributed by atoms with Crippen molar-refractivity contribution >= 4 is 0 Å². The van der Waals surface area contributed by atoms with Crippen LogP contribution in [-0.4, -0.2) is 39.9 Å². The van der Waals surface area contributed by atoms with Crippen molar-refractivity contribution in [3.63, 3.8) is 0 Å². The number of hydrogen-bond acceptors (Lipinski definition) is 4. The molecule has 0 amide bonds.